The van der Waals surface area contributed by atoms with Crippen LogP contribution in [0.1, 0.15) is 33.6 Å². The minimum absolute atomic E-state index is 0.423. The Kier molecular flexibility index (Phi) is 8.58. The summed E-state index contributed by atoms with van der Waals surface area (Å²) in [6, 6.07) is 0. The van der Waals surface area contributed by atoms with Crippen molar-refractivity contribution >= 4 is 11.8 Å². The second kappa shape index (κ2) is 8.43. The zero-order chi connectivity index (χ0) is 11.7. The van der Waals surface area contributed by atoms with Crippen molar-refractivity contribution in [2.45, 2.75) is 38.4 Å². The van der Waals surface area contributed by atoms with E-state index in [1.807, 2.05) is 11.8 Å². The average molecular weight is 233 g/mol. The van der Waals surface area contributed by atoms with Crippen LogP contribution in [0.25, 0.3) is 0 Å². The molecule has 92 valence electrons. The van der Waals surface area contributed by atoms with E-state index >= 15 is 0 Å². The molecule has 0 saturated heterocycles. The van der Waals surface area contributed by atoms with E-state index in [9.17, 15) is 0 Å². The second-order valence-corrected chi connectivity index (χ2v) is 5.56. The van der Waals surface area contributed by atoms with Crippen LogP contribution >= 0.6 is 11.8 Å². The zero-order valence-electron chi connectivity index (χ0n) is 10.9. The van der Waals surface area contributed by atoms with Crippen molar-refractivity contribution in [3.8, 4) is 0 Å². The van der Waals surface area contributed by atoms with E-state index in [0.717, 1.165) is 19.7 Å². The van der Waals surface area contributed by atoms with Gasteiger partial charge in [-0.3, -0.25) is 0 Å². The minimum atomic E-state index is 0.423. The van der Waals surface area contributed by atoms with Gasteiger partial charge in [-0.15, -0.1) is 0 Å². The minimum Gasteiger partial charge on any atom is -0.384 e. The first-order valence-corrected chi connectivity index (χ1v) is 7.11. The third-order valence-corrected chi connectivity index (χ3v) is 4.70. The lowest BCUT2D eigenvalue weighted by molar-refractivity contribution is 0.158. The summed E-state index contributed by atoms with van der Waals surface area (Å²) in [5.41, 5.74) is 0. The van der Waals surface area contributed by atoms with E-state index in [4.69, 9.17) is 4.74 Å². The van der Waals surface area contributed by atoms with Gasteiger partial charge in [-0.1, -0.05) is 20.8 Å². The van der Waals surface area contributed by atoms with Crippen molar-refractivity contribution in [2.75, 3.05) is 33.1 Å². The van der Waals surface area contributed by atoms with E-state index in [0.29, 0.717) is 10.7 Å². The predicted octanol–water partition coefficient (Wildman–Crippen LogP) is 2.78. The first-order chi connectivity index (χ1) is 7.14. The lowest BCUT2D eigenvalue weighted by Crippen LogP contribution is -2.38. The largest absolute Gasteiger partial charge is 0.384 e. The van der Waals surface area contributed by atoms with Gasteiger partial charge in [-0.2, -0.15) is 11.8 Å². The average Bonchev–Trinajstić information content (AvgIpc) is 2.25. The fourth-order valence-corrected chi connectivity index (χ4v) is 2.57. The maximum atomic E-state index is 5.12. The molecule has 0 aromatic carbocycles. The molecule has 0 aromatic heterocycles. The Labute approximate surface area is 99.5 Å². The Balaban J connectivity index is 3.80. The molecule has 0 rings (SSSR count). The molecule has 0 heterocycles. The van der Waals surface area contributed by atoms with Gasteiger partial charge < -0.3 is 10.1 Å². The smallest absolute Gasteiger partial charge is 0.0499 e. The van der Waals surface area contributed by atoms with Crippen LogP contribution in [0.4, 0.5) is 0 Å². The summed E-state index contributed by atoms with van der Waals surface area (Å²) in [6.07, 6.45) is 4.68. The van der Waals surface area contributed by atoms with Gasteiger partial charge in [0.1, 0.15) is 0 Å². The lowest BCUT2D eigenvalue weighted by atomic mass is 10.0. The van der Waals surface area contributed by atoms with Gasteiger partial charge in [-0.05, 0) is 31.6 Å². The molecule has 1 N–H and O–H groups in total. The third kappa shape index (κ3) is 5.79. The Morgan fingerprint density at radius 3 is 2.33 bits per heavy atom. The van der Waals surface area contributed by atoms with Crippen molar-refractivity contribution < 1.29 is 4.74 Å². The van der Waals surface area contributed by atoms with Crippen LogP contribution in [-0.2, 0) is 4.74 Å². The molecule has 2 nitrogen and oxygen atoms in total. The zero-order valence-corrected chi connectivity index (χ0v) is 11.7. The van der Waals surface area contributed by atoms with Crippen LogP contribution in [-0.4, -0.2) is 37.8 Å². The van der Waals surface area contributed by atoms with E-state index in [1.165, 1.54) is 12.8 Å². The number of hydrogen-bond acceptors (Lipinski definition) is 3. The summed E-state index contributed by atoms with van der Waals surface area (Å²) in [7, 11) is 1.76. The number of nitrogens with one attached hydrogen (secondary N) is 1. The second-order valence-electron chi connectivity index (χ2n) is 4.29. The molecular weight excluding hydrogens is 206 g/mol. The highest BCUT2D eigenvalue weighted by Crippen LogP contribution is 2.29. The molecule has 0 saturated carbocycles. The van der Waals surface area contributed by atoms with Crippen LogP contribution in [0.3, 0.4) is 0 Å². The Morgan fingerprint density at radius 2 is 1.93 bits per heavy atom. The summed E-state index contributed by atoms with van der Waals surface area (Å²) in [5, 5.41) is 3.56. The van der Waals surface area contributed by atoms with E-state index in [1.54, 1.807) is 7.11 Å². The summed E-state index contributed by atoms with van der Waals surface area (Å²) in [4.78, 5) is 0. The first-order valence-electron chi connectivity index (χ1n) is 5.89. The molecule has 0 aliphatic carbocycles. The highest BCUT2D eigenvalue weighted by atomic mass is 32.2. The maximum absolute atomic E-state index is 5.12. The lowest BCUT2D eigenvalue weighted by Gasteiger charge is -2.30. The molecule has 1 unspecified atom stereocenters. The molecule has 1 atom stereocenters. The van der Waals surface area contributed by atoms with Crippen molar-refractivity contribution in [2.24, 2.45) is 5.92 Å². The normalized spacial score (nSPS) is 14.2. The van der Waals surface area contributed by atoms with Crippen LogP contribution in [0.5, 0.6) is 0 Å². The van der Waals surface area contributed by atoms with Crippen molar-refractivity contribution in [3.63, 3.8) is 0 Å². The topological polar surface area (TPSA) is 21.3 Å². The molecule has 0 spiro atoms. The summed E-state index contributed by atoms with van der Waals surface area (Å²) in [5.74, 6) is 0.600. The van der Waals surface area contributed by atoms with E-state index in [-0.39, 0.29) is 0 Å². The van der Waals surface area contributed by atoms with Gasteiger partial charge in [-0.25, -0.2) is 0 Å². The molecule has 0 radical (unpaired) electrons. The monoisotopic (exact) mass is 233 g/mol. The summed E-state index contributed by atoms with van der Waals surface area (Å²) in [6.45, 7) is 9.78. The fourth-order valence-electron chi connectivity index (χ4n) is 1.75. The fraction of sp³-hybridized carbons (Fsp3) is 1.00. The highest BCUT2D eigenvalue weighted by Gasteiger charge is 2.24. The first kappa shape index (κ1) is 15.3. The van der Waals surface area contributed by atoms with Crippen molar-refractivity contribution in [3.05, 3.63) is 0 Å². The molecule has 0 fully saturated rings. The number of thioether (sulfide) groups is 1. The van der Waals surface area contributed by atoms with Crippen LogP contribution in [0, 0.1) is 5.92 Å². The van der Waals surface area contributed by atoms with E-state index in [2.05, 4.69) is 32.3 Å². The standard InChI is InChI=1S/C12H27NOS/c1-6-12(7-2,15-5)10-13-8-11(3)9-14-4/h11,13H,6-10H2,1-5H3. The summed E-state index contributed by atoms with van der Waals surface area (Å²) < 4.78 is 5.54. The van der Waals surface area contributed by atoms with Crippen LogP contribution < -0.4 is 5.32 Å². The SMILES string of the molecule is CCC(CC)(CNCC(C)COC)SC. The molecule has 0 bridgehead atoms. The molecule has 0 amide bonds. The van der Waals surface area contributed by atoms with Crippen molar-refractivity contribution in [1.82, 2.24) is 5.32 Å². The van der Waals surface area contributed by atoms with Crippen molar-refractivity contribution in [1.29, 1.82) is 0 Å². The molecule has 0 aliphatic rings. The molecule has 3 heteroatoms. The Bertz CT molecular complexity index is 140. The maximum Gasteiger partial charge on any atom is 0.0499 e. The molecule has 0 aromatic rings. The molecule has 0 aliphatic heterocycles. The van der Waals surface area contributed by atoms with Gasteiger partial charge in [0.25, 0.3) is 0 Å². The quantitative estimate of drug-likeness (QED) is 0.662. The Morgan fingerprint density at radius 1 is 1.33 bits per heavy atom. The molecular formula is C12H27NOS. The van der Waals surface area contributed by atoms with Gasteiger partial charge in [0, 0.05) is 25.0 Å². The van der Waals surface area contributed by atoms with Gasteiger partial charge in [0.05, 0.1) is 0 Å². The van der Waals surface area contributed by atoms with Crippen LogP contribution in [0.15, 0.2) is 0 Å². The Hall–Kier alpha value is 0.270. The third-order valence-electron chi connectivity index (χ3n) is 3.11. The number of methoxy groups -OCH3 is 1. The molecule has 15 heavy (non-hydrogen) atoms. The summed E-state index contributed by atoms with van der Waals surface area (Å²) >= 11 is 1.99. The number of hydrogen-bond donors (Lipinski definition) is 1. The highest BCUT2D eigenvalue weighted by molar-refractivity contribution is 8.00. The van der Waals surface area contributed by atoms with Crippen LogP contribution in [0.2, 0.25) is 0 Å². The van der Waals surface area contributed by atoms with E-state index < -0.39 is 0 Å². The van der Waals surface area contributed by atoms with Gasteiger partial charge >= 0.3 is 0 Å². The number of ether oxygens (including phenoxy) is 1. The number of rotatable bonds is 9. The van der Waals surface area contributed by atoms with Gasteiger partial charge in [0.2, 0.25) is 0 Å². The predicted molar refractivity (Wildman–Crippen MR) is 70.7 cm³/mol. The van der Waals surface area contributed by atoms with Gasteiger partial charge in [0.15, 0.2) is 0 Å².